The minimum Gasteiger partial charge on any atom is -0.377 e. The van der Waals surface area contributed by atoms with E-state index >= 15 is 0 Å². The fourth-order valence-electron chi connectivity index (χ4n) is 2.66. The quantitative estimate of drug-likeness (QED) is 0.0356. The summed E-state index contributed by atoms with van der Waals surface area (Å²) in [7, 11) is 3.79. The van der Waals surface area contributed by atoms with E-state index in [0.29, 0.717) is 46.1 Å². The van der Waals surface area contributed by atoms with E-state index in [1.54, 1.807) is 13.8 Å². The predicted octanol–water partition coefficient (Wildman–Crippen LogP) is -3.01. The fraction of sp³-hybridized carbons (Fsp3) is 0.826. The molecule has 0 heterocycles. The van der Waals surface area contributed by atoms with Crippen LogP contribution < -0.4 is 27.2 Å². The number of likely N-dealkylation sites (N-methyl/N-ethyl adjacent to an activating group) is 1. The van der Waals surface area contributed by atoms with Gasteiger partial charge in [0.25, 0.3) is 5.91 Å². The maximum Gasteiger partial charge on any atom is 0.259 e. The molecule has 0 saturated heterocycles. The summed E-state index contributed by atoms with van der Waals surface area (Å²) >= 11 is 0. The molecule has 0 rings (SSSR count). The smallest absolute Gasteiger partial charge is 0.259 e. The molecule has 0 bridgehead atoms. The Labute approximate surface area is 224 Å². The Balaban J connectivity index is 3.76. The van der Waals surface area contributed by atoms with E-state index in [1.807, 2.05) is 24.4 Å². The lowest BCUT2D eigenvalue weighted by Crippen LogP contribution is -2.52. The summed E-state index contributed by atoms with van der Waals surface area (Å²) in [6, 6.07) is -0.789. The number of hydrogen-bond donors (Lipinski definition) is 5. The number of nitrogens with two attached hydrogens (primary N) is 1. The number of nitrogens with one attached hydrogen (secondary N) is 4. The standard InChI is InChI=1S/C23H46N6O9/c1-18(2)22(23(33)26-15-19(30)25-5-6-29(3)4)27-20(31)16-37-13-11-35-9-7-34-8-10-36-12-14-38-17-21(32)28-24/h18,22H,5-17,24H2,1-4H3,(H,25,30)(H,26,33)(H,27,31)(H,28,32). The van der Waals surface area contributed by atoms with Gasteiger partial charge in [-0.2, -0.15) is 0 Å². The van der Waals surface area contributed by atoms with Crippen molar-refractivity contribution >= 4 is 23.6 Å². The van der Waals surface area contributed by atoms with Crippen LogP contribution in [-0.4, -0.2) is 134 Å². The molecular weight excluding hydrogens is 504 g/mol. The van der Waals surface area contributed by atoms with Crippen molar-refractivity contribution < 1.29 is 42.9 Å². The molecule has 1 unspecified atom stereocenters. The summed E-state index contributed by atoms with van der Waals surface area (Å²) in [5.41, 5.74) is 1.96. The molecule has 0 aliphatic carbocycles. The Morgan fingerprint density at radius 2 is 1.18 bits per heavy atom. The highest BCUT2D eigenvalue weighted by atomic mass is 16.6. The van der Waals surface area contributed by atoms with Crippen molar-refractivity contribution in [2.24, 2.45) is 11.8 Å². The molecule has 0 saturated carbocycles. The lowest BCUT2D eigenvalue weighted by atomic mass is 10.0. The van der Waals surface area contributed by atoms with E-state index in [4.69, 9.17) is 29.5 Å². The van der Waals surface area contributed by atoms with E-state index in [-0.39, 0.29) is 51.4 Å². The number of nitrogens with zero attached hydrogens (tertiary/aromatic N) is 1. The van der Waals surface area contributed by atoms with Gasteiger partial charge >= 0.3 is 0 Å². The third-order valence-electron chi connectivity index (χ3n) is 4.69. The zero-order chi connectivity index (χ0) is 28.6. The Bertz CT molecular complexity index is 667. The van der Waals surface area contributed by atoms with Crippen LogP contribution in [0.3, 0.4) is 0 Å². The van der Waals surface area contributed by atoms with Gasteiger partial charge in [0.15, 0.2) is 0 Å². The molecule has 222 valence electrons. The number of hydrazine groups is 1. The highest BCUT2D eigenvalue weighted by molar-refractivity contribution is 5.90. The van der Waals surface area contributed by atoms with Crippen LogP contribution in [-0.2, 0) is 42.9 Å². The summed E-state index contributed by atoms with van der Waals surface area (Å²) in [5.74, 6) is 3.16. The Morgan fingerprint density at radius 3 is 1.63 bits per heavy atom. The lowest BCUT2D eigenvalue weighted by molar-refractivity contribution is -0.133. The number of amides is 4. The highest BCUT2D eigenvalue weighted by Crippen LogP contribution is 2.01. The third kappa shape index (κ3) is 21.7. The fourth-order valence-corrected chi connectivity index (χ4v) is 2.66. The molecule has 0 aliphatic rings. The normalized spacial score (nSPS) is 11.9. The summed E-state index contributed by atoms with van der Waals surface area (Å²) in [6.07, 6.45) is 0. The van der Waals surface area contributed by atoms with Crippen molar-refractivity contribution in [3.8, 4) is 0 Å². The van der Waals surface area contributed by atoms with Crippen molar-refractivity contribution in [3.05, 3.63) is 0 Å². The lowest BCUT2D eigenvalue weighted by Gasteiger charge is -2.21. The molecule has 0 aromatic heterocycles. The molecule has 0 aromatic carbocycles. The van der Waals surface area contributed by atoms with Gasteiger partial charge in [-0.15, -0.1) is 0 Å². The van der Waals surface area contributed by atoms with Crippen molar-refractivity contribution in [1.82, 2.24) is 26.3 Å². The van der Waals surface area contributed by atoms with Crippen LogP contribution in [0, 0.1) is 5.92 Å². The van der Waals surface area contributed by atoms with Gasteiger partial charge in [0.1, 0.15) is 19.3 Å². The van der Waals surface area contributed by atoms with E-state index in [1.165, 1.54) is 0 Å². The van der Waals surface area contributed by atoms with Gasteiger partial charge in [-0.1, -0.05) is 13.8 Å². The van der Waals surface area contributed by atoms with Crippen molar-refractivity contribution in [3.63, 3.8) is 0 Å². The molecule has 0 fully saturated rings. The third-order valence-corrected chi connectivity index (χ3v) is 4.69. The molecule has 4 amide bonds. The molecule has 0 aliphatic heterocycles. The van der Waals surface area contributed by atoms with E-state index in [9.17, 15) is 19.2 Å². The van der Waals surface area contributed by atoms with Crippen LogP contribution in [0.4, 0.5) is 0 Å². The molecule has 6 N–H and O–H groups in total. The van der Waals surface area contributed by atoms with E-state index in [0.717, 1.165) is 0 Å². The first-order valence-electron chi connectivity index (χ1n) is 12.5. The zero-order valence-electron chi connectivity index (χ0n) is 23.0. The summed E-state index contributed by atoms with van der Waals surface area (Å²) in [6.45, 7) is 6.83. The van der Waals surface area contributed by atoms with Gasteiger partial charge in [0, 0.05) is 13.1 Å². The molecule has 0 radical (unpaired) electrons. The summed E-state index contributed by atoms with van der Waals surface area (Å²) < 4.78 is 26.3. The minimum atomic E-state index is -0.789. The van der Waals surface area contributed by atoms with Crippen molar-refractivity contribution in [1.29, 1.82) is 0 Å². The van der Waals surface area contributed by atoms with Crippen molar-refractivity contribution in [2.45, 2.75) is 19.9 Å². The zero-order valence-corrected chi connectivity index (χ0v) is 23.0. The largest absolute Gasteiger partial charge is 0.377 e. The van der Waals surface area contributed by atoms with Gasteiger partial charge < -0.3 is 44.5 Å². The van der Waals surface area contributed by atoms with Crippen LogP contribution in [0.2, 0.25) is 0 Å². The molecule has 38 heavy (non-hydrogen) atoms. The molecule has 0 aromatic rings. The van der Waals surface area contributed by atoms with Crippen molar-refractivity contribution in [2.75, 3.05) is 99.8 Å². The number of carbonyl (C=O) groups excluding carboxylic acids is 4. The average molecular weight is 551 g/mol. The van der Waals surface area contributed by atoms with E-state index < -0.39 is 23.8 Å². The van der Waals surface area contributed by atoms with Gasteiger partial charge in [0.2, 0.25) is 17.7 Å². The van der Waals surface area contributed by atoms with Gasteiger partial charge in [-0.05, 0) is 20.0 Å². The van der Waals surface area contributed by atoms with Gasteiger partial charge in [-0.3, -0.25) is 24.6 Å². The Kier molecular flexibility index (Phi) is 22.2. The predicted molar refractivity (Wildman–Crippen MR) is 138 cm³/mol. The number of carbonyl (C=O) groups is 4. The first kappa shape index (κ1) is 35.6. The first-order valence-corrected chi connectivity index (χ1v) is 12.5. The first-order chi connectivity index (χ1) is 18.2. The number of ether oxygens (including phenoxy) is 5. The number of rotatable bonds is 24. The summed E-state index contributed by atoms with van der Waals surface area (Å²) in [4.78, 5) is 49.2. The molecule has 15 heteroatoms. The van der Waals surface area contributed by atoms with E-state index in [2.05, 4.69) is 16.0 Å². The maximum absolute atomic E-state index is 12.4. The molecule has 15 nitrogen and oxygen atoms in total. The monoisotopic (exact) mass is 550 g/mol. The second-order valence-corrected chi connectivity index (χ2v) is 8.67. The highest BCUT2D eigenvalue weighted by Gasteiger charge is 2.24. The maximum atomic E-state index is 12.4. The topological polar surface area (TPSA) is 192 Å². The molecular formula is C23H46N6O9. The SMILES string of the molecule is CC(C)C(NC(=O)COCCOCCOCCOCCOCC(=O)NN)C(=O)NCC(=O)NCCN(C)C. The Morgan fingerprint density at radius 1 is 0.711 bits per heavy atom. The number of hydrogen-bond acceptors (Lipinski definition) is 11. The van der Waals surface area contributed by atoms with Crippen LogP contribution in [0.1, 0.15) is 13.8 Å². The second-order valence-electron chi connectivity index (χ2n) is 8.67. The molecule has 0 spiro atoms. The average Bonchev–Trinajstić information content (AvgIpc) is 2.87. The van der Waals surface area contributed by atoms with Crippen LogP contribution >= 0.6 is 0 Å². The Hall–Kier alpha value is -2.40. The summed E-state index contributed by atoms with van der Waals surface area (Å²) in [5, 5.41) is 7.89. The van der Waals surface area contributed by atoms with Gasteiger partial charge in [-0.25, -0.2) is 5.84 Å². The van der Waals surface area contributed by atoms with Crippen LogP contribution in [0.5, 0.6) is 0 Å². The second kappa shape index (κ2) is 23.7. The van der Waals surface area contributed by atoms with Crippen LogP contribution in [0.25, 0.3) is 0 Å². The van der Waals surface area contributed by atoms with Gasteiger partial charge in [0.05, 0.1) is 59.4 Å². The minimum absolute atomic E-state index is 0.114. The van der Waals surface area contributed by atoms with Crippen LogP contribution in [0.15, 0.2) is 0 Å². The molecule has 1 atom stereocenters.